The smallest absolute Gasteiger partial charge is 0.314 e. The highest BCUT2D eigenvalue weighted by molar-refractivity contribution is 5.24. The molecule has 1 aromatic carbocycles. The van der Waals surface area contributed by atoms with Crippen molar-refractivity contribution >= 4 is 0 Å². The van der Waals surface area contributed by atoms with Crippen molar-refractivity contribution in [2.24, 2.45) is 0 Å². The molecule has 5 heteroatoms. The molecule has 1 heterocycles. The van der Waals surface area contributed by atoms with Gasteiger partial charge in [-0.1, -0.05) is 12.1 Å². The Labute approximate surface area is 105 Å². The van der Waals surface area contributed by atoms with Gasteiger partial charge in [-0.05, 0) is 24.6 Å². The molecule has 0 aliphatic carbocycles. The predicted molar refractivity (Wildman–Crippen MR) is 64.2 cm³/mol. The maximum absolute atomic E-state index is 12.4. The summed E-state index contributed by atoms with van der Waals surface area (Å²) in [6.07, 6.45) is -4.25. The second-order valence-electron chi connectivity index (χ2n) is 4.72. The molecule has 0 aromatic heterocycles. The van der Waals surface area contributed by atoms with Gasteiger partial charge in [-0.3, -0.25) is 4.90 Å². The third-order valence-corrected chi connectivity index (χ3v) is 3.31. The minimum atomic E-state index is -4.25. The standard InChI is InChI=1S/C13H17F3N2/c1-10-8-17-6-7-18(10)9-11-2-4-12(5-3-11)13(14,15)16/h2-5,10,17H,6-9H2,1H3. The highest BCUT2D eigenvalue weighted by Gasteiger charge is 2.30. The Hall–Kier alpha value is -1.07. The fraction of sp³-hybridized carbons (Fsp3) is 0.538. The lowest BCUT2D eigenvalue weighted by atomic mass is 10.1. The molecule has 1 fully saturated rings. The normalized spacial score (nSPS) is 22.1. The zero-order valence-electron chi connectivity index (χ0n) is 10.3. The first-order valence-corrected chi connectivity index (χ1v) is 6.08. The van der Waals surface area contributed by atoms with Gasteiger partial charge in [0.25, 0.3) is 0 Å². The average molecular weight is 258 g/mol. The Morgan fingerprint density at radius 1 is 1.28 bits per heavy atom. The van der Waals surface area contributed by atoms with Crippen molar-refractivity contribution in [1.29, 1.82) is 0 Å². The maximum Gasteiger partial charge on any atom is 0.416 e. The third-order valence-electron chi connectivity index (χ3n) is 3.31. The van der Waals surface area contributed by atoms with Crippen LogP contribution in [0.25, 0.3) is 0 Å². The Kier molecular flexibility index (Phi) is 3.92. The van der Waals surface area contributed by atoms with Crippen LogP contribution in [0, 0.1) is 0 Å². The summed E-state index contributed by atoms with van der Waals surface area (Å²) >= 11 is 0. The molecular formula is C13H17F3N2. The third kappa shape index (κ3) is 3.23. The van der Waals surface area contributed by atoms with E-state index in [4.69, 9.17) is 0 Å². The van der Waals surface area contributed by atoms with E-state index >= 15 is 0 Å². The maximum atomic E-state index is 12.4. The van der Waals surface area contributed by atoms with Gasteiger partial charge in [0.05, 0.1) is 5.56 Å². The van der Waals surface area contributed by atoms with E-state index in [0.717, 1.165) is 37.3 Å². The van der Waals surface area contributed by atoms with Gasteiger partial charge >= 0.3 is 6.18 Å². The van der Waals surface area contributed by atoms with E-state index in [1.54, 1.807) is 12.1 Å². The Morgan fingerprint density at radius 3 is 2.50 bits per heavy atom. The highest BCUT2D eigenvalue weighted by atomic mass is 19.4. The van der Waals surface area contributed by atoms with Crippen molar-refractivity contribution in [3.63, 3.8) is 0 Å². The number of nitrogens with zero attached hydrogens (tertiary/aromatic N) is 1. The summed E-state index contributed by atoms with van der Waals surface area (Å²) in [5.41, 5.74) is 0.344. The monoisotopic (exact) mass is 258 g/mol. The fourth-order valence-corrected chi connectivity index (χ4v) is 2.15. The van der Waals surface area contributed by atoms with E-state index < -0.39 is 11.7 Å². The van der Waals surface area contributed by atoms with E-state index in [1.807, 2.05) is 0 Å². The Morgan fingerprint density at radius 2 is 1.94 bits per heavy atom. The van der Waals surface area contributed by atoms with Crippen molar-refractivity contribution in [3.8, 4) is 0 Å². The minimum Gasteiger partial charge on any atom is -0.314 e. The highest BCUT2D eigenvalue weighted by Crippen LogP contribution is 2.29. The van der Waals surface area contributed by atoms with E-state index in [2.05, 4.69) is 17.1 Å². The molecular weight excluding hydrogens is 241 g/mol. The lowest BCUT2D eigenvalue weighted by Crippen LogP contribution is -2.49. The van der Waals surface area contributed by atoms with Crippen LogP contribution in [0.3, 0.4) is 0 Å². The van der Waals surface area contributed by atoms with E-state index in [-0.39, 0.29) is 0 Å². The first-order chi connectivity index (χ1) is 8.47. The quantitative estimate of drug-likeness (QED) is 0.876. The second-order valence-corrected chi connectivity index (χ2v) is 4.72. The number of hydrogen-bond acceptors (Lipinski definition) is 2. The molecule has 0 radical (unpaired) electrons. The number of rotatable bonds is 2. The molecule has 1 unspecified atom stereocenters. The lowest BCUT2D eigenvalue weighted by Gasteiger charge is -2.33. The topological polar surface area (TPSA) is 15.3 Å². The van der Waals surface area contributed by atoms with Gasteiger partial charge in [-0.15, -0.1) is 0 Å². The Bertz CT molecular complexity index is 386. The zero-order chi connectivity index (χ0) is 13.2. The number of halogens is 3. The number of hydrogen-bond donors (Lipinski definition) is 1. The summed E-state index contributed by atoms with van der Waals surface area (Å²) in [5, 5.41) is 3.29. The van der Waals surface area contributed by atoms with Crippen molar-refractivity contribution in [2.75, 3.05) is 19.6 Å². The van der Waals surface area contributed by atoms with E-state index in [9.17, 15) is 13.2 Å². The molecule has 0 amide bonds. The largest absolute Gasteiger partial charge is 0.416 e. The molecule has 100 valence electrons. The van der Waals surface area contributed by atoms with Gasteiger partial charge in [0, 0.05) is 32.2 Å². The fourth-order valence-electron chi connectivity index (χ4n) is 2.15. The van der Waals surface area contributed by atoms with Crippen LogP contribution in [0.15, 0.2) is 24.3 Å². The first kappa shape index (κ1) is 13.4. The second kappa shape index (κ2) is 5.28. The van der Waals surface area contributed by atoms with Crippen LogP contribution in [-0.4, -0.2) is 30.6 Å². The lowest BCUT2D eigenvalue weighted by molar-refractivity contribution is -0.137. The molecule has 2 rings (SSSR count). The summed E-state index contributed by atoms with van der Waals surface area (Å²) < 4.78 is 37.3. The van der Waals surface area contributed by atoms with E-state index in [0.29, 0.717) is 12.6 Å². The molecule has 2 nitrogen and oxygen atoms in total. The zero-order valence-corrected chi connectivity index (χ0v) is 10.3. The van der Waals surface area contributed by atoms with Gasteiger partial charge in [-0.25, -0.2) is 0 Å². The molecule has 1 atom stereocenters. The summed E-state index contributed by atoms with van der Waals surface area (Å²) in [5.74, 6) is 0. The summed E-state index contributed by atoms with van der Waals surface area (Å²) in [4.78, 5) is 2.28. The van der Waals surface area contributed by atoms with Gasteiger partial charge in [0.2, 0.25) is 0 Å². The van der Waals surface area contributed by atoms with Crippen molar-refractivity contribution < 1.29 is 13.2 Å². The Balaban J connectivity index is 2.02. The van der Waals surface area contributed by atoms with Crippen molar-refractivity contribution in [1.82, 2.24) is 10.2 Å². The van der Waals surface area contributed by atoms with Gasteiger partial charge < -0.3 is 5.32 Å². The van der Waals surface area contributed by atoms with E-state index in [1.165, 1.54) is 0 Å². The van der Waals surface area contributed by atoms with Gasteiger partial charge in [0.1, 0.15) is 0 Å². The van der Waals surface area contributed by atoms with Crippen LogP contribution >= 0.6 is 0 Å². The van der Waals surface area contributed by atoms with Crippen molar-refractivity contribution in [2.45, 2.75) is 25.7 Å². The molecule has 1 aromatic rings. The number of nitrogens with one attached hydrogen (secondary N) is 1. The van der Waals surface area contributed by atoms with Crippen LogP contribution < -0.4 is 5.32 Å². The van der Waals surface area contributed by atoms with Crippen LogP contribution in [0.2, 0.25) is 0 Å². The summed E-state index contributed by atoms with van der Waals surface area (Å²) in [7, 11) is 0. The minimum absolute atomic E-state index is 0.418. The van der Waals surface area contributed by atoms with Crippen LogP contribution in [0.1, 0.15) is 18.1 Å². The number of piperazine rings is 1. The molecule has 1 saturated heterocycles. The number of alkyl halides is 3. The average Bonchev–Trinajstić information content (AvgIpc) is 2.32. The van der Waals surface area contributed by atoms with Crippen LogP contribution in [-0.2, 0) is 12.7 Å². The summed E-state index contributed by atoms with van der Waals surface area (Å²) in [6.45, 7) is 5.63. The van der Waals surface area contributed by atoms with Crippen LogP contribution in [0.5, 0.6) is 0 Å². The molecule has 1 N–H and O–H groups in total. The summed E-state index contributed by atoms with van der Waals surface area (Å²) in [6, 6.07) is 5.86. The molecule has 0 saturated carbocycles. The van der Waals surface area contributed by atoms with Crippen molar-refractivity contribution in [3.05, 3.63) is 35.4 Å². The van der Waals surface area contributed by atoms with Gasteiger partial charge in [0.15, 0.2) is 0 Å². The molecule has 1 aliphatic heterocycles. The molecule has 18 heavy (non-hydrogen) atoms. The molecule has 0 bridgehead atoms. The van der Waals surface area contributed by atoms with Crippen LogP contribution in [0.4, 0.5) is 13.2 Å². The SMILES string of the molecule is CC1CNCCN1Cc1ccc(C(F)(F)F)cc1. The number of benzene rings is 1. The predicted octanol–water partition coefficient (Wildman–Crippen LogP) is 2.50. The first-order valence-electron chi connectivity index (χ1n) is 6.08. The molecule has 0 spiro atoms. The van der Waals surface area contributed by atoms with Gasteiger partial charge in [-0.2, -0.15) is 13.2 Å². The molecule has 1 aliphatic rings.